The van der Waals surface area contributed by atoms with E-state index in [-0.39, 0.29) is 24.6 Å². The van der Waals surface area contributed by atoms with Crippen LogP contribution in [0.1, 0.15) is 23.4 Å². The van der Waals surface area contributed by atoms with Crippen LogP contribution in [-0.2, 0) is 4.79 Å². The predicted molar refractivity (Wildman–Crippen MR) is 90.3 cm³/mol. The molecule has 0 aliphatic rings. The van der Waals surface area contributed by atoms with Crippen LogP contribution in [0.3, 0.4) is 0 Å². The van der Waals surface area contributed by atoms with Gasteiger partial charge in [-0.3, -0.25) is 19.9 Å². The second-order valence-electron chi connectivity index (χ2n) is 5.44. The maximum Gasteiger partial charge on any atom is 0.269 e. The van der Waals surface area contributed by atoms with E-state index in [0.717, 1.165) is 22.6 Å². The monoisotopic (exact) mass is 329 g/mol. The largest absolute Gasteiger partial charge is 0.493 e. The van der Waals surface area contributed by atoms with Crippen LogP contribution in [0, 0.1) is 30.9 Å². The molecule has 0 fully saturated rings. The molecule has 0 radical (unpaired) electrons. The average Bonchev–Trinajstić information content (AvgIpc) is 2.51. The first-order chi connectivity index (χ1) is 11.4. The number of pyridine rings is 1. The summed E-state index contributed by atoms with van der Waals surface area (Å²) in [4.78, 5) is 26.5. The number of aryl methyl sites for hydroxylation is 3. The summed E-state index contributed by atoms with van der Waals surface area (Å²) >= 11 is 0. The second kappa shape index (κ2) is 7.54. The molecule has 24 heavy (non-hydrogen) atoms. The lowest BCUT2D eigenvalue weighted by Gasteiger charge is -2.12. The van der Waals surface area contributed by atoms with Gasteiger partial charge in [0.25, 0.3) is 5.69 Å². The third-order valence-corrected chi connectivity index (χ3v) is 3.44. The van der Waals surface area contributed by atoms with E-state index in [0.29, 0.717) is 5.75 Å². The van der Waals surface area contributed by atoms with Crippen molar-refractivity contribution < 1.29 is 14.5 Å². The van der Waals surface area contributed by atoms with Gasteiger partial charge in [0.2, 0.25) is 5.91 Å². The highest BCUT2D eigenvalue weighted by Gasteiger charge is 2.10. The lowest BCUT2D eigenvalue weighted by Crippen LogP contribution is -2.17. The quantitative estimate of drug-likeness (QED) is 0.648. The molecule has 1 amide bonds. The SMILES string of the molecule is Cc1cc(C)c(NC(=O)CCOc2ccc([N+](=O)[O-])cc2)c(C)n1. The predicted octanol–water partition coefficient (Wildman–Crippen LogP) is 3.32. The Balaban J connectivity index is 1.86. The van der Waals surface area contributed by atoms with Crippen molar-refractivity contribution in [2.75, 3.05) is 11.9 Å². The number of non-ortho nitro benzene ring substituents is 1. The summed E-state index contributed by atoms with van der Waals surface area (Å²) in [5.41, 5.74) is 3.37. The van der Waals surface area contributed by atoms with Crippen molar-refractivity contribution in [3.63, 3.8) is 0 Å². The number of nitrogens with zero attached hydrogens (tertiary/aromatic N) is 2. The van der Waals surface area contributed by atoms with Crippen LogP contribution < -0.4 is 10.1 Å². The zero-order valence-corrected chi connectivity index (χ0v) is 13.8. The fraction of sp³-hybridized carbons (Fsp3) is 0.294. The Morgan fingerprint density at radius 1 is 1.25 bits per heavy atom. The summed E-state index contributed by atoms with van der Waals surface area (Å²) in [5.74, 6) is 0.312. The van der Waals surface area contributed by atoms with E-state index < -0.39 is 4.92 Å². The molecule has 0 spiro atoms. The molecular weight excluding hydrogens is 310 g/mol. The number of hydrogen-bond donors (Lipinski definition) is 1. The van der Waals surface area contributed by atoms with Gasteiger partial charge in [0.15, 0.2) is 0 Å². The molecule has 2 rings (SSSR count). The van der Waals surface area contributed by atoms with Crippen molar-refractivity contribution in [3.8, 4) is 5.75 Å². The van der Waals surface area contributed by atoms with Crippen LogP contribution in [0.15, 0.2) is 30.3 Å². The number of rotatable bonds is 6. The number of aromatic nitrogens is 1. The Labute approximate surface area is 139 Å². The number of hydrogen-bond acceptors (Lipinski definition) is 5. The van der Waals surface area contributed by atoms with E-state index in [4.69, 9.17) is 4.74 Å². The molecule has 7 heteroatoms. The first-order valence-electron chi connectivity index (χ1n) is 7.49. The highest BCUT2D eigenvalue weighted by molar-refractivity contribution is 5.92. The highest BCUT2D eigenvalue weighted by Crippen LogP contribution is 2.20. The molecule has 0 aliphatic heterocycles. The molecule has 1 aromatic carbocycles. The number of benzene rings is 1. The average molecular weight is 329 g/mol. The minimum absolute atomic E-state index is 0.00193. The summed E-state index contributed by atoms with van der Waals surface area (Å²) < 4.78 is 5.43. The molecule has 0 bridgehead atoms. The Morgan fingerprint density at radius 3 is 2.50 bits per heavy atom. The van der Waals surface area contributed by atoms with Gasteiger partial charge < -0.3 is 10.1 Å². The summed E-state index contributed by atoms with van der Waals surface area (Å²) in [7, 11) is 0. The normalized spacial score (nSPS) is 10.3. The molecular formula is C17H19N3O4. The van der Waals surface area contributed by atoms with Crippen LogP contribution in [0.25, 0.3) is 0 Å². The van der Waals surface area contributed by atoms with Gasteiger partial charge in [0.05, 0.1) is 29.3 Å². The minimum Gasteiger partial charge on any atom is -0.493 e. The van der Waals surface area contributed by atoms with Crippen LogP contribution in [0.5, 0.6) is 5.75 Å². The number of carbonyl (C=O) groups is 1. The van der Waals surface area contributed by atoms with E-state index in [1.165, 1.54) is 24.3 Å². The van der Waals surface area contributed by atoms with Gasteiger partial charge in [0, 0.05) is 17.8 Å². The first-order valence-corrected chi connectivity index (χ1v) is 7.49. The number of amides is 1. The number of ether oxygens (including phenoxy) is 1. The number of nitro groups is 1. The molecule has 0 atom stereocenters. The third kappa shape index (κ3) is 4.52. The van der Waals surface area contributed by atoms with Crippen LogP contribution >= 0.6 is 0 Å². The Hall–Kier alpha value is -2.96. The van der Waals surface area contributed by atoms with Gasteiger partial charge >= 0.3 is 0 Å². The number of nitrogens with one attached hydrogen (secondary N) is 1. The minimum atomic E-state index is -0.475. The van der Waals surface area contributed by atoms with E-state index in [1.807, 2.05) is 26.8 Å². The van der Waals surface area contributed by atoms with Gasteiger partial charge in [-0.25, -0.2) is 0 Å². The third-order valence-electron chi connectivity index (χ3n) is 3.44. The zero-order chi connectivity index (χ0) is 17.7. The van der Waals surface area contributed by atoms with Gasteiger partial charge in [-0.2, -0.15) is 0 Å². The van der Waals surface area contributed by atoms with Crippen molar-refractivity contribution in [2.45, 2.75) is 27.2 Å². The van der Waals surface area contributed by atoms with Crippen molar-refractivity contribution in [2.24, 2.45) is 0 Å². The molecule has 0 aliphatic carbocycles. The van der Waals surface area contributed by atoms with E-state index >= 15 is 0 Å². The summed E-state index contributed by atoms with van der Waals surface area (Å²) in [6.07, 6.45) is 0.170. The van der Waals surface area contributed by atoms with E-state index in [1.54, 1.807) is 0 Å². The number of anilines is 1. The fourth-order valence-electron chi connectivity index (χ4n) is 2.34. The maximum absolute atomic E-state index is 12.0. The molecule has 0 unspecified atom stereocenters. The van der Waals surface area contributed by atoms with Gasteiger partial charge in [-0.05, 0) is 44.5 Å². The van der Waals surface area contributed by atoms with E-state index in [9.17, 15) is 14.9 Å². The molecule has 0 saturated heterocycles. The van der Waals surface area contributed by atoms with Crippen LogP contribution in [-0.4, -0.2) is 22.4 Å². The molecule has 1 N–H and O–H groups in total. The summed E-state index contributed by atoms with van der Waals surface area (Å²) in [6, 6.07) is 7.65. The Kier molecular flexibility index (Phi) is 5.47. The van der Waals surface area contributed by atoms with Gasteiger partial charge in [-0.15, -0.1) is 0 Å². The molecule has 126 valence electrons. The molecule has 1 heterocycles. The van der Waals surface area contributed by atoms with Gasteiger partial charge in [-0.1, -0.05) is 0 Å². The molecule has 0 saturated carbocycles. The highest BCUT2D eigenvalue weighted by atomic mass is 16.6. The van der Waals surface area contributed by atoms with Crippen LogP contribution in [0.4, 0.5) is 11.4 Å². The topological polar surface area (TPSA) is 94.4 Å². The van der Waals surface area contributed by atoms with Crippen molar-refractivity contribution in [1.82, 2.24) is 4.98 Å². The molecule has 2 aromatic rings. The lowest BCUT2D eigenvalue weighted by atomic mass is 10.1. The van der Waals surface area contributed by atoms with Crippen LogP contribution in [0.2, 0.25) is 0 Å². The maximum atomic E-state index is 12.0. The number of nitro benzene ring substituents is 1. The number of carbonyl (C=O) groups excluding carboxylic acids is 1. The smallest absolute Gasteiger partial charge is 0.269 e. The van der Waals surface area contributed by atoms with Crippen molar-refractivity contribution in [1.29, 1.82) is 0 Å². The summed E-state index contributed by atoms with van der Waals surface area (Å²) in [6.45, 7) is 5.86. The molecule has 7 nitrogen and oxygen atoms in total. The van der Waals surface area contributed by atoms with Crippen molar-refractivity contribution in [3.05, 3.63) is 57.4 Å². The van der Waals surface area contributed by atoms with Gasteiger partial charge in [0.1, 0.15) is 5.75 Å². The fourth-order valence-corrected chi connectivity index (χ4v) is 2.34. The first kappa shape index (κ1) is 17.4. The standard InChI is InChI=1S/C17H19N3O4/c1-11-10-12(2)18-13(3)17(11)19-16(21)8-9-24-15-6-4-14(5-7-15)20(22)23/h4-7,10H,8-9H2,1-3H3,(H,19,21). The summed E-state index contributed by atoms with van der Waals surface area (Å²) in [5, 5.41) is 13.4. The Morgan fingerprint density at radius 2 is 1.92 bits per heavy atom. The second-order valence-corrected chi connectivity index (χ2v) is 5.44. The Bertz CT molecular complexity index is 734. The van der Waals surface area contributed by atoms with E-state index in [2.05, 4.69) is 10.3 Å². The lowest BCUT2D eigenvalue weighted by molar-refractivity contribution is -0.384. The zero-order valence-electron chi connectivity index (χ0n) is 13.8. The van der Waals surface area contributed by atoms with Crippen molar-refractivity contribution >= 4 is 17.3 Å². The molecule has 1 aromatic heterocycles.